The number of carboxylic acid groups (broad SMARTS) is 1. The number of hydrogen-bond acceptors (Lipinski definition) is 4. The quantitative estimate of drug-likeness (QED) is 0.846. The van der Waals surface area contributed by atoms with Crippen molar-refractivity contribution in [3.8, 4) is 0 Å². The molecule has 1 aliphatic rings. The van der Waals surface area contributed by atoms with Crippen LogP contribution in [0, 0.1) is 0 Å². The summed E-state index contributed by atoms with van der Waals surface area (Å²) in [6.07, 6.45) is 1.72. The number of aryl methyl sites for hydroxylation is 1. The lowest BCUT2D eigenvalue weighted by atomic mass is 10.1. The first-order valence-electron chi connectivity index (χ1n) is 6.19. The number of nitrogens with zero attached hydrogens (tertiary/aromatic N) is 3. The van der Waals surface area contributed by atoms with Crippen LogP contribution in [0.3, 0.4) is 0 Å². The van der Waals surface area contributed by atoms with E-state index in [2.05, 4.69) is 5.10 Å². The van der Waals surface area contributed by atoms with E-state index in [1.54, 1.807) is 24.0 Å². The van der Waals surface area contributed by atoms with Crippen molar-refractivity contribution < 1.29 is 19.5 Å². The first kappa shape index (κ1) is 13.0. The summed E-state index contributed by atoms with van der Waals surface area (Å²) < 4.78 is 1.58. The van der Waals surface area contributed by atoms with E-state index in [0.29, 0.717) is 5.69 Å². The first-order chi connectivity index (χ1) is 9.97. The molecule has 7 nitrogen and oxygen atoms in total. The van der Waals surface area contributed by atoms with Gasteiger partial charge >= 0.3 is 5.97 Å². The number of carbonyl (C=O) groups is 3. The Hall–Kier alpha value is -2.96. The Labute approximate surface area is 119 Å². The molecule has 1 aliphatic heterocycles. The highest BCUT2D eigenvalue weighted by atomic mass is 16.4. The lowest BCUT2D eigenvalue weighted by Gasteiger charge is -2.11. The molecule has 1 aromatic carbocycles. The third kappa shape index (κ3) is 2.08. The minimum Gasteiger partial charge on any atom is -0.478 e. The number of aromatic carboxylic acids is 1. The molecule has 3 rings (SSSR count). The third-order valence-corrected chi connectivity index (χ3v) is 3.31. The number of hydrogen-bond donors (Lipinski definition) is 1. The Morgan fingerprint density at radius 2 is 1.90 bits per heavy atom. The van der Waals surface area contributed by atoms with Gasteiger partial charge in [0.25, 0.3) is 11.8 Å². The van der Waals surface area contributed by atoms with E-state index in [1.165, 1.54) is 18.2 Å². The van der Waals surface area contributed by atoms with Gasteiger partial charge in [0.05, 0.1) is 28.9 Å². The summed E-state index contributed by atoms with van der Waals surface area (Å²) in [5, 5.41) is 13.1. The highest BCUT2D eigenvalue weighted by Gasteiger charge is 2.36. The number of aromatic nitrogens is 2. The fourth-order valence-electron chi connectivity index (χ4n) is 2.28. The predicted octanol–water partition coefficient (Wildman–Crippen LogP) is 0.915. The number of fused-ring (bicyclic) bond motifs is 1. The Morgan fingerprint density at radius 3 is 2.52 bits per heavy atom. The number of imide groups is 1. The van der Waals surface area contributed by atoms with Gasteiger partial charge in [-0.15, -0.1) is 0 Å². The van der Waals surface area contributed by atoms with Crippen LogP contribution in [0.15, 0.2) is 30.5 Å². The average molecular weight is 285 g/mol. The summed E-state index contributed by atoms with van der Waals surface area (Å²) in [4.78, 5) is 36.5. The molecule has 2 heterocycles. The average Bonchev–Trinajstić information content (AvgIpc) is 2.96. The second-order valence-electron chi connectivity index (χ2n) is 4.74. The topological polar surface area (TPSA) is 92.5 Å². The molecule has 0 aliphatic carbocycles. The van der Waals surface area contributed by atoms with Gasteiger partial charge in [-0.25, -0.2) is 4.79 Å². The lowest BCUT2D eigenvalue weighted by molar-refractivity contribution is 0.0638. The van der Waals surface area contributed by atoms with Crippen molar-refractivity contribution in [3.05, 3.63) is 52.8 Å². The zero-order chi connectivity index (χ0) is 15.1. The second-order valence-corrected chi connectivity index (χ2v) is 4.74. The van der Waals surface area contributed by atoms with Crippen molar-refractivity contribution in [2.75, 3.05) is 0 Å². The van der Waals surface area contributed by atoms with E-state index in [4.69, 9.17) is 5.11 Å². The Bertz CT molecular complexity index is 778. The van der Waals surface area contributed by atoms with Crippen LogP contribution in [-0.4, -0.2) is 37.6 Å². The van der Waals surface area contributed by atoms with Crippen LogP contribution in [-0.2, 0) is 13.6 Å². The van der Waals surface area contributed by atoms with Gasteiger partial charge in [0.15, 0.2) is 0 Å². The van der Waals surface area contributed by atoms with Crippen LogP contribution in [0.5, 0.6) is 0 Å². The van der Waals surface area contributed by atoms with Gasteiger partial charge in [-0.05, 0) is 24.3 Å². The number of rotatable bonds is 3. The minimum atomic E-state index is -1.14. The molecule has 0 atom stereocenters. The molecule has 0 radical (unpaired) electrons. The normalized spacial score (nSPS) is 13.7. The van der Waals surface area contributed by atoms with Gasteiger partial charge in [0.2, 0.25) is 0 Å². The van der Waals surface area contributed by atoms with E-state index < -0.39 is 17.8 Å². The fourth-order valence-corrected chi connectivity index (χ4v) is 2.28. The maximum Gasteiger partial charge on any atom is 0.335 e. The third-order valence-electron chi connectivity index (χ3n) is 3.31. The molecule has 0 unspecified atom stereocenters. The van der Waals surface area contributed by atoms with E-state index in [9.17, 15) is 14.4 Å². The van der Waals surface area contributed by atoms with E-state index in [0.717, 1.165) is 4.90 Å². The number of benzene rings is 1. The molecular weight excluding hydrogens is 274 g/mol. The van der Waals surface area contributed by atoms with Crippen molar-refractivity contribution in [1.29, 1.82) is 0 Å². The predicted molar refractivity (Wildman–Crippen MR) is 70.8 cm³/mol. The fraction of sp³-hybridized carbons (Fsp3) is 0.143. The molecule has 1 aromatic heterocycles. The van der Waals surface area contributed by atoms with Gasteiger partial charge in [0, 0.05) is 13.2 Å². The standard InChI is InChI=1S/C14H11N3O4/c1-16-5-4-9(15-16)7-17-12(18)10-3-2-8(14(20)21)6-11(10)13(17)19/h2-6H,7H2,1H3,(H,20,21). The Morgan fingerprint density at radius 1 is 1.19 bits per heavy atom. The molecule has 7 heteroatoms. The number of carboxylic acids is 1. The van der Waals surface area contributed by atoms with Crippen LogP contribution in [0.1, 0.15) is 36.8 Å². The van der Waals surface area contributed by atoms with Crippen LogP contribution < -0.4 is 0 Å². The monoisotopic (exact) mass is 285 g/mol. The van der Waals surface area contributed by atoms with Crippen molar-refractivity contribution in [1.82, 2.24) is 14.7 Å². The molecule has 0 bridgehead atoms. The van der Waals surface area contributed by atoms with Gasteiger partial charge in [0.1, 0.15) is 0 Å². The summed E-state index contributed by atoms with van der Waals surface area (Å²) in [7, 11) is 1.74. The molecule has 21 heavy (non-hydrogen) atoms. The molecule has 0 spiro atoms. The summed E-state index contributed by atoms with van der Waals surface area (Å²) in [5.41, 5.74) is 0.914. The smallest absolute Gasteiger partial charge is 0.335 e. The molecule has 0 fully saturated rings. The molecule has 106 valence electrons. The molecule has 2 aromatic rings. The molecule has 2 amide bonds. The van der Waals surface area contributed by atoms with Gasteiger partial charge < -0.3 is 5.11 Å². The molecular formula is C14H11N3O4. The zero-order valence-electron chi connectivity index (χ0n) is 11.1. The van der Waals surface area contributed by atoms with Crippen LogP contribution >= 0.6 is 0 Å². The SMILES string of the molecule is Cn1ccc(CN2C(=O)c3ccc(C(=O)O)cc3C2=O)n1. The maximum absolute atomic E-state index is 12.3. The van der Waals surface area contributed by atoms with Crippen molar-refractivity contribution in [2.24, 2.45) is 7.05 Å². The Balaban J connectivity index is 1.94. The van der Waals surface area contributed by atoms with Crippen LogP contribution in [0.25, 0.3) is 0 Å². The minimum absolute atomic E-state index is 0.0189. The van der Waals surface area contributed by atoms with Crippen LogP contribution in [0.4, 0.5) is 0 Å². The number of carbonyl (C=O) groups excluding carboxylic acids is 2. The van der Waals surface area contributed by atoms with E-state index >= 15 is 0 Å². The largest absolute Gasteiger partial charge is 0.478 e. The van der Waals surface area contributed by atoms with Crippen molar-refractivity contribution in [3.63, 3.8) is 0 Å². The second kappa shape index (κ2) is 4.55. The lowest BCUT2D eigenvalue weighted by Crippen LogP contribution is -2.29. The van der Waals surface area contributed by atoms with Gasteiger partial charge in [-0.2, -0.15) is 5.10 Å². The van der Waals surface area contributed by atoms with Crippen molar-refractivity contribution >= 4 is 17.8 Å². The van der Waals surface area contributed by atoms with E-state index in [1.807, 2.05) is 0 Å². The highest BCUT2D eigenvalue weighted by molar-refractivity contribution is 6.21. The molecule has 0 saturated carbocycles. The van der Waals surface area contributed by atoms with Gasteiger partial charge in [-0.3, -0.25) is 19.2 Å². The number of amides is 2. The van der Waals surface area contributed by atoms with Crippen molar-refractivity contribution in [2.45, 2.75) is 6.54 Å². The van der Waals surface area contributed by atoms with Gasteiger partial charge in [-0.1, -0.05) is 0 Å². The summed E-state index contributed by atoms with van der Waals surface area (Å²) in [6.45, 7) is 0.0651. The highest BCUT2D eigenvalue weighted by Crippen LogP contribution is 2.25. The summed E-state index contributed by atoms with van der Waals surface area (Å²) in [5.74, 6) is -2.07. The van der Waals surface area contributed by atoms with E-state index in [-0.39, 0.29) is 23.2 Å². The summed E-state index contributed by atoms with van der Waals surface area (Å²) in [6, 6.07) is 5.64. The molecule has 0 saturated heterocycles. The van der Waals surface area contributed by atoms with Crippen LogP contribution in [0.2, 0.25) is 0 Å². The summed E-state index contributed by atoms with van der Waals surface area (Å²) >= 11 is 0. The zero-order valence-corrected chi connectivity index (χ0v) is 11.1. The Kier molecular flexibility index (Phi) is 2.83. The maximum atomic E-state index is 12.3. The molecule has 1 N–H and O–H groups in total. The first-order valence-corrected chi connectivity index (χ1v) is 6.19.